The van der Waals surface area contributed by atoms with Gasteiger partial charge in [0.1, 0.15) is 0 Å². The third-order valence-electron chi connectivity index (χ3n) is 17.2. The molecule has 0 radical (unpaired) electrons. The number of halogens is 2. The van der Waals surface area contributed by atoms with Crippen molar-refractivity contribution in [2.75, 3.05) is 0 Å². The molecule has 0 amide bonds. The standard InChI is InChI=1S/C29H37.C23H18.C5H5.2ClH.Zr/c1-21-14-13-15-22-20-27(6)25(4)18-10-9-16-23(25,2)24(3)17-11-12-19-26(24,5)29(27,8)28(21,22)7;1-3-16-22-18(8-1)10-5-12-20(22)14-7-15-21-13-6-11-19-9-2-4-17-23(19)21;1-2-4-5-3-1;;;/h9-20,22H,1-8H3;1-6,8-13,16-17H,14-15H2;1-3H,4H2;2*1H;/q-1;;-1;;;+2. The van der Waals surface area contributed by atoms with Crippen LogP contribution in [0.3, 0.4) is 0 Å². The van der Waals surface area contributed by atoms with Crippen LogP contribution in [0, 0.1) is 56.3 Å². The second kappa shape index (κ2) is 17.1. The summed E-state index contributed by atoms with van der Waals surface area (Å²) >= 11 is 1.53. The van der Waals surface area contributed by atoms with Gasteiger partial charge in [0.25, 0.3) is 0 Å². The van der Waals surface area contributed by atoms with E-state index < -0.39 is 0 Å². The SMILES string of the molecule is CC1=CC=CC2[CH-]C3(C)C4(C)C=CC=CC4(C)C4(C)C=CC=CC4(C)C3(C)C12C.Cl.Cl.[C-]1=CC=CC1.[Zr+2]=[C](Cc1cccc2ccccc12)Cc1cccc2ccccc12. The molecule has 0 heterocycles. The summed E-state index contributed by atoms with van der Waals surface area (Å²) in [4.78, 5) is 0. The summed E-state index contributed by atoms with van der Waals surface area (Å²) in [5, 5.41) is 5.45. The van der Waals surface area contributed by atoms with Crippen molar-refractivity contribution in [3.8, 4) is 0 Å². The van der Waals surface area contributed by atoms with Crippen LogP contribution in [0.1, 0.15) is 72.9 Å². The van der Waals surface area contributed by atoms with Gasteiger partial charge in [0.2, 0.25) is 0 Å². The zero-order valence-corrected chi connectivity index (χ0v) is 40.8. The van der Waals surface area contributed by atoms with Crippen molar-refractivity contribution in [1.29, 1.82) is 0 Å². The molecule has 4 aromatic carbocycles. The molecule has 10 rings (SSSR count). The van der Waals surface area contributed by atoms with Crippen molar-refractivity contribution in [2.24, 2.45) is 43.8 Å². The summed E-state index contributed by atoms with van der Waals surface area (Å²) in [7, 11) is 0. The van der Waals surface area contributed by atoms with Crippen molar-refractivity contribution in [3.05, 3.63) is 199 Å². The van der Waals surface area contributed by atoms with Crippen LogP contribution in [0.25, 0.3) is 21.5 Å². The molecule has 2 fully saturated rings. The van der Waals surface area contributed by atoms with Gasteiger partial charge >= 0.3 is 158 Å². The molecule has 8 atom stereocenters. The van der Waals surface area contributed by atoms with E-state index in [4.69, 9.17) is 0 Å². The summed E-state index contributed by atoms with van der Waals surface area (Å²) in [5.41, 5.74) is 4.62. The van der Waals surface area contributed by atoms with E-state index in [9.17, 15) is 0 Å². The molecule has 0 nitrogen and oxygen atoms in total. The van der Waals surface area contributed by atoms with Gasteiger partial charge in [-0.2, -0.15) is 6.08 Å². The predicted molar refractivity (Wildman–Crippen MR) is 260 cm³/mol. The van der Waals surface area contributed by atoms with Crippen LogP contribution in [0.5, 0.6) is 0 Å². The van der Waals surface area contributed by atoms with E-state index in [1.54, 1.807) is 3.21 Å². The zero-order valence-electron chi connectivity index (χ0n) is 36.8. The molecule has 0 bridgehead atoms. The van der Waals surface area contributed by atoms with Crippen LogP contribution in [0.4, 0.5) is 0 Å². The molecular weight excluding hydrogens is 847 g/mol. The molecule has 60 heavy (non-hydrogen) atoms. The van der Waals surface area contributed by atoms with Crippen LogP contribution < -0.4 is 0 Å². The van der Waals surface area contributed by atoms with Gasteiger partial charge in [0.15, 0.2) is 0 Å². The summed E-state index contributed by atoms with van der Waals surface area (Å²) < 4.78 is 1.59. The quantitative estimate of drug-likeness (QED) is 0.179. The maximum atomic E-state index is 2.99. The number of fused-ring (bicyclic) bond motifs is 10. The molecule has 0 N–H and O–H groups in total. The first-order valence-corrected chi connectivity index (χ1v) is 22.6. The van der Waals surface area contributed by atoms with E-state index in [2.05, 4.69) is 226 Å². The molecule has 8 unspecified atom stereocenters. The predicted octanol–water partition coefficient (Wildman–Crippen LogP) is 15.3. The van der Waals surface area contributed by atoms with Gasteiger partial charge in [-0.15, -0.1) is 48.6 Å². The zero-order chi connectivity index (χ0) is 41.0. The topological polar surface area (TPSA) is 0 Å². The van der Waals surface area contributed by atoms with Gasteiger partial charge in [-0.25, -0.2) is 12.2 Å². The Morgan fingerprint density at radius 3 is 1.60 bits per heavy atom. The van der Waals surface area contributed by atoms with Gasteiger partial charge in [0.05, 0.1) is 0 Å². The third kappa shape index (κ3) is 6.49. The molecule has 0 aliphatic heterocycles. The van der Waals surface area contributed by atoms with E-state index in [-0.39, 0.29) is 62.7 Å². The second-order valence-corrected chi connectivity index (χ2v) is 20.7. The first-order chi connectivity index (χ1) is 27.7. The van der Waals surface area contributed by atoms with Gasteiger partial charge in [0, 0.05) is 10.8 Å². The molecule has 2 saturated carbocycles. The van der Waals surface area contributed by atoms with Crippen LogP contribution >= 0.6 is 24.8 Å². The Balaban J connectivity index is 0.000000177. The molecule has 3 heteroatoms. The van der Waals surface area contributed by atoms with Crippen LogP contribution in [-0.4, -0.2) is 3.21 Å². The fraction of sp³-hybridized carbons (Fsp3) is 0.333. The Morgan fingerprint density at radius 1 is 0.617 bits per heavy atom. The van der Waals surface area contributed by atoms with Crippen LogP contribution in [-0.2, 0) is 37.1 Å². The van der Waals surface area contributed by atoms with Gasteiger partial charge in [-0.3, -0.25) is 6.08 Å². The second-order valence-electron chi connectivity index (χ2n) is 18.9. The van der Waals surface area contributed by atoms with E-state index in [0.29, 0.717) is 5.92 Å². The minimum absolute atomic E-state index is 0. The van der Waals surface area contributed by atoms with Gasteiger partial charge < -0.3 is 6.42 Å². The maximum absolute atomic E-state index is 2.99. The Kier molecular flexibility index (Phi) is 13.1. The molecule has 4 aromatic rings. The van der Waals surface area contributed by atoms with E-state index in [0.717, 1.165) is 19.3 Å². The number of benzene rings is 4. The normalized spacial score (nSPS) is 34.4. The monoisotopic (exact) mass is 906 g/mol. The average Bonchev–Trinajstić information content (AvgIpc) is 3.88. The van der Waals surface area contributed by atoms with Crippen molar-refractivity contribution in [3.63, 3.8) is 0 Å². The molecule has 308 valence electrons. The summed E-state index contributed by atoms with van der Waals surface area (Å²) in [6.07, 6.45) is 41.4. The number of hydrogen-bond acceptors (Lipinski definition) is 0. The number of hydrogen-bond donors (Lipinski definition) is 0. The Morgan fingerprint density at radius 2 is 1.10 bits per heavy atom. The van der Waals surface area contributed by atoms with Gasteiger partial charge in [-0.1, -0.05) is 115 Å². The van der Waals surface area contributed by atoms with Crippen molar-refractivity contribution in [1.82, 2.24) is 0 Å². The fourth-order valence-corrected chi connectivity index (χ4v) is 13.9. The number of allylic oxidation sites excluding steroid dienone is 16. The first-order valence-electron chi connectivity index (χ1n) is 21.4. The fourth-order valence-electron chi connectivity index (χ4n) is 13.0. The van der Waals surface area contributed by atoms with E-state index in [1.807, 2.05) is 12.2 Å². The Hall–Kier alpha value is -3.35. The summed E-state index contributed by atoms with van der Waals surface area (Å²) in [6, 6.07) is 30.7. The molecule has 0 aromatic heterocycles. The van der Waals surface area contributed by atoms with Crippen molar-refractivity contribution < 1.29 is 24.2 Å². The molecule has 6 aliphatic carbocycles. The third-order valence-corrected chi connectivity index (χ3v) is 18.1. The van der Waals surface area contributed by atoms with Crippen molar-refractivity contribution in [2.45, 2.75) is 74.7 Å². The molecular formula is C57H62Cl2Zr. The molecule has 6 aliphatic rings. The Bertz CT molecular complexity index is 2430. The van der Waals surface area contributed by atoms with Crippen LogP contribution in [0.2, 0.25) is 0 Å². The number of rotatable bonds is 4. The first kappa shape index (κ1) is 46.2. The summed E-state index contributed by atoms with van der Waals surface area (Å²) in [6.45, 7) is 20.3. The van der Waals surface area contributed by atoms with Crippen LogP contribution in [0.15, 0.2) is 176 Å². The summed E-state index contributed by atoms with van der Waals surface area (Å²) in [5.74, 6) is 0.460. The Labute approximate surface area is 388 Å². The van der Waals surface area contributed by atoms with E-state index >= 15 is 0 Å². The molecule has 0 spiro atoms. The minimum atomic E-state index is 0. The van der Waals surface area contributed by atoms with Crippen molar-refractivity contribution >= 4 is 49.6 Å². The molecule has 0 saturated heterocycles. The van der Waals surface area contributed by atoms with E-state index in [1.165, 1.54) is 62.5 Å². The average molecular weight is 909 g/mol. The van der Waals surface area contributed by atoms with Gasteiger partial charge in [-0.05, 0) is 28.6 Å².